The van der Waals surface area contributed by atoms with E-state index in [1.54, 1.807) is 13.8 Å². The minimum absolute atomic E-state index is 0.347. The van der Waals surface area contributed by atoms with Crippen molar-refractivity contribution < 1.29 is 19.4 Å². The van der Waals surface area contributed by atoms with Gasteiger partial charge in [0.2, 0.25) is 0 Å². The summed E-state index contributed by atoms with van der Waals surface area (Å²) in [6.07, 6.45) is 0.512. The van der Waals surface area contributed by atoms with Crippen molar-refractivity contribution in [2.45, 2.75) is 20.3 Å². The number of carbonyl (C=O) groups excluding carboxylic acids is 1. The van der Waals surface area contributed by atoms with Gasteiger partial charge in [-0.15, -0.1) is 0 Å². The summed E-state index contributed by atoms with van der Waals surface area (Å²) in [5, 5.41) is 8.81. The molecular weight excluding hydrogens is 160 g/mol. The first-order valence-corrected chi connectivity index (χ1v) is 3.86. The van der Waals surface area contributed by atoms with Crippen LogP contribution in [0.2, 0.25) is 0 Å². The Hall–Kier alpha value is -1.06. The fraction of sp³-hybridized carbons (Fsp3) is 0.750. The third kappa shape index (κ3) is 1.29. The van der Waals surface area contributed by atoms with E-state index >= 15 is 0 Å². The van der Waals surface area contributed by atoms with Crippen molar-refractivity contribution in [3.63, 3.8) is 0 Å². The van der Waals surface area contributed by atoms with Gasteiger partial charge in [-0.25, -0.2) is 0 Å². The molecule has 0 amide bonds. The van der Waals surface area contributed by atoms with E-state index in [9.17, 15) is 9.59 Å². The SMILES string of the molecule is CC(C)(C(=O)O)C1CCOC1=O. The largest absolute Gasteiger partial charge is 0.481 e. The van der Waals surface area contributed by atoms with E-state index in [1.807, 2.05) is 0 Å². The van der Waals surface area contributed by atoms with Gasteiger partial charge in [0, 0.05) is 0 Å². The maximum absolute atomic E-state index is 11.0. The number of hydrogen-bond acceptors (Lipinski definition) is 3. The smallest absolute Gasteiger partial charge is 0.310 e. The van der Waals surface area contributed by atoms with Gasteiger partial charge < -0.3 is 9.84 Å². The Morgan fingerprint density at radius 1 is 1.67 bits per heavy atom. The molecule has 0 aromatic heterocycles. The van der Waals surface area contributed by atoms with E-state index in [0.717, 1.165) is 0 Å². The van der Waals surface area contributed by atoms with Crippen molar-refractivity contribution in [3.8, 4) is 0 Å². The molecule has 4 heteroatoms. The second kappa shape index (κ2) is 2.77. The Labute approximate surface area is 70.5 Å². The molecule has 1 aliphatic heterocycles. The molecule has 68 valence electrons. The fourth-order valence-corrected chi connectivity index (χ4v) is 1.30. The molecule has 0 radical (unpaired) electrons. The van der Waals surface area contributed by atoms with E-state index in [0.29, 0.717) is 13.0 Å². The third-order valence-electron chi connectivity index (χ3n) is 2.36. The van der Waals surface area contributed by atoms with Crippen LogP contribution in [0.25, 0.3) is 0 Å². The molecule has 1 rings (SSSR count). The lowest BCUT2D eigenvalue weighted by Crippen LogP contribution is -2.35. The number of carbonyl (C=O) groups is 2. The summed E-state index contributed by atoms with van der Waals surface area (Å²) < 4.78 is 4.70. The molecule has 0 bridgehead atoms. The van der Waals surface area contributed by atoms with Crippen molar-refractivity contribution in [2.75, 3.05) is 6.61 Å². The highest BCUT2D eigenvalue weighted by Gasteiger charge is 2.44. The summed E-state index contributed by atoms with van der Waals surface area (Å²) >= 11 is 0. The number of hydrogen-bond donors (Lipinski definition) is 1. The van der Waals surface area contributed by atoms with Crippen LogP contribution in [-0.4, -0.2) is 23.7 Å². The summed E-state index contributed by atoms with van der Waals surface area (Å²) in [7, 11) is 0. The van der Waals surface area contributed by atoms with Crippen molar-refractivity contribution in [2.24, 2.45) is 11.3 Å². The summed E-state index contributed by atoms with van der Waals surface area (Å²) in [4.78, 5) is 21.8. The number of rotatable bonds is 2. The van der Waals surface area contributed by atoms with Crippen LogP contribution in [0.15, 0.2) is 0 Å². The number of cyclic esters (lactones) is 1. The molecule has 0 aromatic rings. The molecule has 1 heterocycles. The molecule has 1 fully saturated rings. The van der Waals surface area contributed by atoms with E-state index in [4.69, 9.17) is 9.84 Å². The molecule has 1 aliphatic rings. The van der Waals surface area contributed by atoms with Gasteiger partial charge in [-0.05, 0) is 20.3 Å². The quantitative estimate of drug-likeness (QED) is 0.621. The highest BCUT2D eigenvalue weighted by atomic mass is 16.5. The van der Waals surface area contributed by atoms with Crippen molar-refractivity contribution >= 4 is 11.9 Å². The van der Waals surface area contributed by atoms with Gasteiger partial charge in [-0.2, -0.15) is 0 Å². The first-order chi connectivity index (χ1) is 5.46. The first-order valence-electron chi connectivity index (χ1n) is 3.86. The molecule has 1 saturated heterocycles. The summed E-state index contributed by atoms with van der Waals surface area (Å²) in [6, 6.07) is 0. The zero-order valence-electron chi connectivity index (χ0n) is 7.16. The second-order valence-electron chi connectivity index (χ2n) is 3.54. The van der Waals surface area contributed by atoms with Gasteiger partial charge in [-0.1, -0.05) is 0 Å². The van der Waals surface area contributed by atoms with Crippen molar-refractivity contribution in [1.82, 2.24) is 0 Å². The predicted molar refractivity (Wildman–Crippen MR) is 40.5 cm³/mol. The van der Waals surface area contributed by atoms with Crippen LogP contribution in [0.1, 0.15) is 20.3 Å². The Kier molecular flexibility index (Phi) is 2.08. The Bertz CT molecular complexity index is 219. The van der Waals surface area contributed by atoms with E-state index < -0.39 is 17.3 Å². The lowest BCUT2D eigenvalue weighted by atomic mass is 9.78. The van der Waals surface area contributed by atoms with Crippen molar-refractivity contribution in [3.05, 3.63) is 0 Å². The Balaban J connectivity index is 2.80. The normalized spacial score (nSPS) is 23.8. The van der Waals surface area contributed by atoms with E-state index in [2.05, 4.69) is 0 Å². The van der Waals surface area contributed by atoms with Crippen LogP contribution in [-0.2, 0) is 14.3 Å². The standard InChI is InChI=1S/C8H12O4/c1-8(2,7(10)11)5-3-4-12-6(5)9/h5H,3-4H2,1-2H3,(H,10,11). The van der Waals surface area contributed by atoms with Gasteiger partial charge >= 0.3 is 11.9 Å². The summed E-state index contributed by atoms with van der Waals surface area (Å²) in [5.41, 5.74) is -1.01. The molecule has 12 heavy (non-hydrogen) atoms. The molecule has 1 unspecified atom stereocenters. The van der Waals surface area contributed by atoms with Crippen LogP contribution in [0.4, 0.5) is 0 Å². The maximum Gasteiger partial charge on any atom is 0.310 e. The Morgan fingerprint density at radius 3 is 2.58 bits per heavy atom. The topological polar surface area (TPSA) is 63.6 Å². The van der Waals surface area contributed by atoms with E-state index in [-0.39, 0.29) is 5.97 Å². The molecule has 0 aromatic carbocycles. The lowest BCUT2D eigenvalue weighted by Gasteiger charge is -2.22. The maximum atomic E-state index is 11.0. The Morgan fingerprint density at radius 2 is 2.25 bits per heavy atom. The van der Waals surface area contributed by atoms with E-state index in [1.165, 1.54) is 0 Å². The monoisotopic (exact) mass is 172 g/mol. The van der Waals surface area contributed by atoms with Crippen LogP contribution in [0.3, 0.4) is 0 Å². The average molecular weight is 172 g/mol. The molecule has 1 atom stereocenters. The first kappa shape index (κ1) is 9.03. The van der Waals surface area contributed by atoms with Gasteiger partial charge in [0.05, 0.1) is 17.9 Å². The predicted octanol–water partition coefficient (Wildman–Crippen LogP) is 0.660. The molecule has 4 nitrogen and oxygen atoms in total. The molecule has 0 spiro atoms. The molecule has 0 aliphatic carbocycles. The zero-order chi connectivity index (χ0) is 9.35. The second-order valence-corrected chi connectivity index (χ2v) is 3.54. The highest BCUT2D eigenvalue weighted by Crippen LogP contribution is 2.34. The molecule has 0 saturated carbocycles. The van der Waals surface area contributed by atoms with Crippen LogP contribution in [0.5, 0.6) is 0 Å². The van der Waals surface area contributed by atoms with Gasteiger partial charge in [0.25, 0.3) is 0 Å². The van der Waals surface area contributed by atoms with Crippen LogP contribution in [0, 0.1) is 11.3 Å². The molecule has 1 N–H and O–H groups in total. The van der Waals surface area contributed by atoms with Crippen molar-refractivity contribution in [1.29, 1.82) is 0 Å². The highest BCUT2D eigenvalue weighted by molar-refractivity contribution is 5.84. The van der Waals surface area contributed by atoms with Gasteiger partial charge in [0.15, 0.2) is 0 Å². The number of aliphatic carboxylic acids is 1. The summed E-state index contributed by atoms with van der Waals surface area (Å²) in [6.45, 7) is 3.44. The lowest BCUT2D eigenvalue weighted by molar-refractivity contribution is -0.157. The fourth-order valence-electron chi connectivity index (χ4n) is 1.30. The van der Waals surface area contributed by atoms with Crippen LogP contribution < -0.4 is 0 Å². The third-order valence-corrected chi connectivity index (χ3v) is 2.36. The average Bonchev–Trinajstić information content (AvgIpc) is 2.35. The molecular formula is C8H12O4. The van der Waals surface area contributed by atoms with Gasteiger partial charge in [-0.3, -0.25) is 9.59 Å². The number of carboxylic acid groups (broad SMARTS) is 1. The summed E-state index contributed by atoms with van der Waals surface area (Å²) in [5.74, 6) is -1.83. The number of ether oxygens (including phenoxy) is 1. The van der Waals surface area contributed by atoms with Crippen LogP contribution >= 0.6 is 0 Å². The number of esters is 1. The van der Waals surface area contributed by atoms with Gasteiger partial charge in [0.1, 0.15) is 0 Å². The zero-order valence-corrected chi connectivity index (χ0v) is 7.16. The number of carboxylic acids is 1. The minimum atomic E-state index is -1.01. The minimum Gasteiger partial charge on any atom is -0.481 e.